The Balaban J connectivity index is 1.95. The van der Waals surface area contributed by atoms with Crippen molar-refractivity contribution in [3.8, 4) is 0 Å². The molecule has 112 valence electrons. The van der Waals surface area contributed by atoms with Gasteiger partial charge in [0.25, 0.3) is 0 Å². The molecule has 1 heterocycles. The first-order chi connectivity index (χ1) is 9.46. The summed E-state index contributed by atoms with van der Waals surface area (Å²) in [5.74, 6) is 0. The van der Waals surface area contributed by atoms with Crippen molar-refractivity contribution >= 4 is 0 Å². The Morgan fingerprint density at radius 3 is 2.50 bits per heavy atom. The molecule has 20 heavy (non-hydrogen) atoms. The van der Waals surface area contributed by atoms with Crippen LogP contribution in [0, 0.1) is 0 Å². The van der Waals surface area contributed by atoms with Crippen molar-refractivity contribution in [2.24, 2.45) is 0 Å². The molecule has 1 N–H and O–H groups in total. The Morgan fingerprint density at radius 2 is 1.90 bits per heavy atom. The molecule has 0 bridgehead atoms. The van der Waals surface area contributed by atoms with Crippen molar-refractivity contribution < 1.29 is 0 Å². The van der Waals surface area contributed by atoms with Crippen LogP contribution in [0.25, 0.3) is 0 Å². The number of benzene rings is 1. The zero-order chi connectivity index (χ0) is 14.6. The van der Waals surface area contributed by atoms with Crippen LogP contribution in [0.3, 0.4) is 0 Å². The van der Waals surface area contributed by atoms with Crippen LogP contribution in [0.1, 0.15) is 51.7 Å². The average Bonchev–Trinajstić information content (AvgIpc) is 2.76. The van der Waals surface area contributed by atoms with Gasteiger partial charge in [0.2, 0.25) is 0 Å². The second kappa shape index (κ2) is 6.73. The molecule has 0 amide bonds. The lowest BCUT2D eigenvalue weighted by atomic mass is 10.0. The largest absolute Gasteiger partial charge is 0.312 e. The molecule has 1 aliphatic heterocycles. The van der Waals surface area contributed by atoms with Gasteiger partial charge in [-0.05, 0) is 71.2 Å². The highest BCUT2D eigenvalue weighted by molar-refractivity contribution is 5.27. The van der Waals surface area contributed by atoms with Gasteiger partial charge in [0.1, 0.15) is 0 Å². The minimum atomic E-state index is 0.207. The minimum Gasteiger partial charge on any atom is -0.312 e. The SMILES string of the molecule is CC1CCCN1Cc1ccccc1CCNC(C)(C)C. The smallest absolute Gasteiger partial charge is 0.0239 e. The van der Waals surface area contributed by atoms with Crippen LogP contribution in [-0.2, 0) is 13.0 Å². The zero-order valence-corrected chi connectivity index (χ0v) is 13.6. The van der Waals surface area contributed by atoms with Crippen LogP contribution in [0.5, 0.6) is 0 Å². The van der Waals surface area contributed by atoms with E-state index < -0.39 is 0 Å². The van der Waals surface area contributed by atoms with Gasteiger partial charge in [-0.3, -0.25) is 4.90 Å². The summed E-state index contributed by atoms with van der Waals surface area (Å²) in [6, 6.07) is 9.69. The fraction of sp³-hybridized carbons (Fsp3) is 0.667. The summed E-state index contributed by atoms with van der Waals surface area (Å²) in [5.41, 5.74) is 3.22. The van der Waals surface area contributed by atoms with E-state index in [1.807, 2.05) is 0 Å². The second-order valence-electron chi connectivity index (χ2n) is 7.16. The third-order valence-corrected chi connectivity index (χ3v) is 4.23. The third-order valence-electron chi connectivity index (χ3n) is 4.23. The number of rotatable bonds is 5. The van der Waals surface area contributed by atoms with Crippen LogP contribution in [0.2, 0.25) is 0 Å². The van der Waals surface area contributed by atoms with Crippen LogP contribution >= 0.6 is 0 Å². The van der Waals surface area contributed by atoms with Crippen molar-refractivity contribution in [1.82, 2.24) is 10.2 Å². The molecule has 0 aliphatic carbocycles. The summed E-state index contributed by atoms with van der Waals surface area (Å²) >= 11 is 0. The van der Waals surface area contributed by atoms with Crippen LogP contribution < -0.4 is 5.32 Å². The second-order valence-corrected chi connectivity index (χ2v) is 7.16. The first kappa shape index (κ1) is 15.5. The number of nitrogens with zero attached hydrogens (tertiary/aromatic N) is 1. The van der Waals surface area contributed by atoms with Gasteiger partial charge in [0, 0.05) is 18.1 Å². The topological polar surface area (TPSA) is 15.3 Å². The number of likely N-dealkylation sites (tertiary alicyclic amines) is 1. The fourth-order valence-corrected chi connectivity index (χ4v) is 2.97. The lowest BCUT2D eigenvalue weighted by Crippen LogP contribution is -2.37. The third kappa shape index (κ3) is 4.60. The molecule has 1 atom stereocenters. The van der Waals surface area contributed by atoms with Crippen LogP contribution in [0.4, 0.5) is 0 Å². The van der Waals surface area contributed by atoms with Crippen molar-refractivity contribution in [3.63, 3.8) is 0 Å². The normalized spacial score (nSPS) is 20.5. The van der Waals surface area contributed by atoms with E-state index in [2.05, 4.69) is 62.2 Å². The highest BCUT2D eigenvalue weighted by Crippen LogP contribution is 2.21. The van der Waals surface area contributed by atoms with Crippen LogP contribution in [0.15, 0.2) is 24.3 Å². The van der Waals surface area contributed by atoms with Gasteiger partial charge in [-0.1, -0.05) is 24.3 Å². The van der Waals surface area contributed by atoms with Gasteiger partial charge < -0.3 is 5.32 Å². The maximum absolute atomic E-state index is 3.59. The van der Waals surface area contributed by atoms with Crippen molar-refractivity contribution in [1.29, 1.82) is 0 Å². The molecule has 0 spiro atoms. The monoisotopic (exact) mass is 274 g/mol. The lowest BCUT2D eigenvalue weighted by molar-refractivity contribution is 0.259. The molecule has 1 saturated heterocycles. The molecule has 1 aromatic rings. The summed E-state index contributed by atoms with van der Waals surface area (Å²) < 4.78 is 0. The van der Waals surface area contributed by atoms with Gasteiger partial charge in [-0.2, -0.15) is 0 Å². The molecular formula is C18H30N2. The average molecular weight is 274 g/mol. The quantitative estimate of drug-likeness (QED) is 0.882. The summed E-state index contributed by atoms with van der Waals surface area (Å²) in [7, 11) is 0. The molecule has 1 aliphatic rings. The maximum atomic E-state index is 3.59. The van der Waals surface area contributed by atoms with Crippen molar-refractivity contribution in [3.05, 3.63) is 35.4 Å². The van der Waals surface area contributed by atoms with E-state index in [1.54, 1.807) is 0 Å². The van der Waals surface area contributed by atoms with Gasteiger partial charge >= 0.3 is 0 Å². The molecule has 2 nitrogen and oxygen atoms in total. The number of nitrogens with one attached hydrogen (secondary N) is 1. The predicted molar refractivity (Wildman–Crippen MR) is 87.0 cm³/mol. The first-order valence-electron chi connectivity index (χ1n) is 8.01. The van der Waals surface area contributed by atoms with Gasteiger partial charge in [0.05, 0.1) is 0 Å². The number of hydrogen-bond acceptors (Lipinski definition) is 2. The highest BCUT2D eigenvalue weighted by atomic mass is 15.2. The fourth-order valence-electron chi connectivity index (χ4n) is 2.97. The highest BCUT2D eigenvalue weighted by Gasteiger charge is 2.20. The molecular weight excluding hydrogens is 244 g/mol. The summed E-state index contributed by atoms with van der Waals surface area (Å²) in [4.78, 5) is 2.62. The van der Waals surface area contributed by atoms with E-state index in [-0.39, 0.29) is 5.54 Å². The maximum Gasteiger partial charge on any atom is 0.0239 e. The Kier molecular flexibility index (Phi) is 5.22. The molecule has 1 unspecified atom stereocenters. The van der Waals surface area contributed by atoms with Gasteiger partial charge in [-0.15, -0.1) is 0 Å². The summed E-state index contributed by atoms with van der Waals surface area (Å²) in [5, 5.41) is 3.59. The zero-order valence-electron chi connectivity index (χ0n) is 13.6. The van der Waals surface area contributed by atoms with E-state index >= 15 is 0 Å². The van der Waals surface area contributed by atoms with Gasteiger partial charge in [0.15, 0.2) is 0 Å². The Hall–Kier alpha value is -0.860. The summed E-state index contributed by atoms with van der Waals surface area (Å²) in [6.45, 7) is 12.5. The van der Waals surface area contributed by atoms with E-state index in [0.29, 0.717) is 0 Å². The summed E-state index contributed by atoms with van der Waals surface area (Å²) in [6.07, 6.45) is 3.83. The minimum absolute atomic E-state index is 0.207. The Morgan fingerprint density at radius 1 is 1.20 bits per heavy atom. The van der Waals surface area contributed by atoms with Gasteiger partial charge in [-0.25, -0.2) is 0 Å². The van der Waals surface area contributed by atoms with Crippen molar-refractivity contribution in [2.75, 3.05) is 13.1 Å². The molecule has 0 radical (unpaired) electrons. The standard InChI is InChI=1S/C18H30N2/c1-15-8-7-13-20(15)14-17-10-6-5-9-16(17)11-12-19-18(2,3)4/h5-6,9-10,15,19H,7-8,11-14H2,1-4H3. The lowest BCUT2D eigenvalue weighted by Gasteiger charge is -2.24. The Bertz CT molecular complexity index is 420. The predicted octanol–water partition coefficient (Wildman–Crippen LogP) is 3.60. The van der Waals surface area contributed by atoms with Crippen molar-refractivity contribution in [2.45, 2.75) is 65.1 Å². The van der Waals surface area contributed by atoms with E-state index in [9.17, 15) is 0 Å². The molecule has 2 rings (SSSR count). The Labute approximate surface area is 124 Å². The van der Waals surface area contributed by atoms with E-state index in [0.717, 1.165) is 25.6 Å². The molecule has 2 heteroatoms. The molecule has 1 aromatic carbocycles. The number of hydrogen-bond donors (Lipinski definition) is 1. The first-order valence-corrected chi connectivity index (χ1v) is 8.01. The van der Waals surface area contributed by atoms with E-state index in [1.165, 1.54) is 30.5 Å². The molecule has 0 saturated carbocycles. The molecule has 0 aromatic heterocycles. The van der Waals surface area contributed by atoms with Crippen LogP contribution in [-0.4, -0.2) is 29.6 Å². The molecule has 1 fully saturated rings. The van der Waals surface area contributed by atoms with E-state index in [4.69, 9.17) is 0 Å².